The van der Waals surface area contributed by atoms with Crippen LogP contribution in [0, 0.1) is 5.41 Å². The molecule has 0 aromatic carbocycles. The number of carbonyl (C=O) groups is 1. The minimum absolute atomic E-state index is 0.0414. The van der Waals surface area contributed by atoms with Crippen molar-refractivity contribution in [2.75, 3.05) is 13.7 Å². The Morgan fingerprint density at radius 3 is 2.76 bits per heavy atom. The van der Waals surface area contributed by atoms with Crippen LogP contribution >= 0.6 is 0 Å². The van der Waals surface area contributed by atoms with Gasteiger partial charge in [-0.1, -0.05) is 19.9 Å². The number of carbonyl (C=O) groups excluding carboxylic acids is 1. The normalized spacial score (nSPS) is 27.0. The van der Waals surface area contributed by atoms with Crippen molar-refractivity contribution in [3.63, 3.8) is 0 Å². The van der Waals surface area contributed by atoms with Crippen molar-refractivity contribution in [1.82, 2.24) is 9.88 Å². The summed E-state index contributed by atoms with van der Waals surface area (Å²) in [4.78, 5) is 18.6. The standard InChI is InChI=1S/C16H25N3O2/c1-5-21-13-10-16(17,15(13,2)3)14(20)19(4)11-12-8-6-7-9-18-12/h6-9,13H,5,10-11,17H2,1-4H3. The predicted molar refractivity (Wildman–Crippen MR) is 81.4 cm³/mol. The van der Waals surface area contributed by atoms with Crippen LogP contribution in [0.4, 0.5) is 0 Å². The van der Waals surface area contributed by atoms with Crippen molar-refractivity contribution < 1.29 is 9.53 Å². The fourth-order valence-corrected chi connectivity index (χ4v) is 2.95. The minimum atomic E-state index is -0.865. The number of hydrogen-bond donors (Lipinski definition) is 1. The molecule has 0 saturated heterocycles. The van der Waals surface area contributed by atoms with Crippen LogP contribution in [0.15, 0.2) is 24.4 Å². The molecule has 1 heterocycles. The molecule has 1 aliphatic carbocycles. The molecule has 21 heavy (non-hydrogen) atoms. The van der Waals surface area contributed by atoms with E-state index in [4.69, 9.17) is 10.5 Å². The number of ether oxygens (including phenoxy) is 1. The largest absolute Gasteiger partial charge is 0.378 e. The smallest absolute Gasteiger partial charge is 0.243 e. The summed E-state index contributed by atoms with van der Waals surface area (Å²) < 4.78 is 5.67. The second-order valence-corrected chi connectivity index (χ2v) is 6.32. The SMILES string of the molecule is CCOC1CC(N)(C(=O)N(C)Cc2ccccn2)C1(C)C. The number of amides is 1. The molecule has 0 spiro atoms. The molecule has 1 saturated carbocycles. The van der Waals surface area contributed by atoms with E-state index in [0.717, 1.165) is 5.69 Å². The van der Waals surface area contributed by atoms with Crippen molar-refractivity contribution in [1.29, 1.82) is 0 Å². The highest BCUT2D eigenvalue weighted by Crippen LogP contribution is 2.50. The van der Waals surface area contributed by atoms with Crippen LogP contribution in [0.2, 0.25) is 0 Å². The van der Waals surface area contributed by atoms with Gasteiger partial charge in [0.2, 0.25) is 5.91 Å². The average Bonchev–Trinajstić information content (AvgIpc) is 2.47. The first-order chi connectivity index (χ1) is 9.83. The first-order valence-corrected chi connectivity index (χ1v) is 7.39. The number of aromatic nitrogens is 1. The Kier molecular flexibility index (Phi) is 4.35. The number of hydrogen-bond acceptors (Lipinski definition) is 4. The Labute approximate surface area is 126 Å². The van der Waals surface area contributed by atoms with Gasteiger partial charge in [-0.3, -0.25) is 9.78 Å². The summed E-state index contributed by atoms with van der Waals surface area (Å²) in [6, 6.07) is 5.68. The van der Waals surface area contributed by atoms with E-state index in [9.17, 15) is 4.79 Å². The van der Waals surface area contributed by atoms with Crippen LogP contribution in [-0.4, -0.2) is 41.1 Å². The molecule has 1 amide bonds. The molecule has 0 aliphatic heterocycles. The first-order valence-electron chi connectivity index (χ1n) is 7.39. The van der Waals surface area contributed by atoms with Crippen molar-refractivity contribution in [2.24, 2.45) is 11.1 Å². The third-order valence-corrected chi connectivity index (χ3v) is 4.68. The van der Waals surface area contributed by atoms with E-state index in [2.05, 4.69) is 4.98 Å². The van der Waals surface area contributed by atoms with Gasteiger partial charge in [0.1, 0.15) is 5.54 Å². The summed E-state index contributed by atoms with van der Waals surface area (Å²) in [6.07, 6.45) is 2.34. The van der Waals surface area contributed by atoms with Crippen molar-refractivity contribution in [3.8, 4) is 0 Å². The number of likely N-dealkylation sites (N-methyl/N-ethyl adjacent to an activating group) is 1. The molecule has 1 aliphatic rings. The fraction of sp³-hybridized carbons (Fsp3) is 0.625. The lowest BCUT2D eigenvalue weighted by Crippen LogP contribution is -2.75. The number of nitrogens with two attached hydrogens (primary N) is 1. The third kappa shape index (κ3) is 2.68. The number of rotatable bonds is 5. The number of pyridine rings is 1. The topological polar surface area (TPSA) is 68.5 Å². The molecule has 1 fully saturated rings. The Bertz CT molecular complexity index is 504. The second kappa shape index (κ2) is 5.73. The van der Waals surface area contributed by atoms with Gasteiger partial charge in [0.05, 0.1) is 18.3 Å². The summed E-state index contributed by atoms with van der Waals surface area (Å²) in [7, 11) is 1.77. The number of nitrogens with zero attached hydrogens (tertiary/aromatic N) is 2. The maximum Gasteiger partial charge on any atom is 0.243 e. The van der Waals surface area contributed by atoms with E-state index in [1.54, 1.807) is 18.1 Å². The summed E-state index contributed by atoms with van der Waals surface area (Å²) in [5.41, 5.74) is 6.04. The van der Waals surface area contributed by atoms with E-state index < -0.39 is 5.54 Å². The van der Waals surface area contributed by atoms with Crippen molar-refractivity contribution >= 4 is 5.91 Å². The fourth-order valence-electron chi connectivity index (χ4n) is 2.95. The summed E-state index contributed by atoms with van der Waals surface area (Å²) in [5.74, 6) is -0.0471. The summed E-state index contributed by atoms with van der Waals surface area (Å²) in [5, 5.41) is 0. The maximum atomic E-state index is 12.7. The molecule has 5 heteroatoms. The molecule has 2 atom stereocenters. The van der Waals surface area contributed by atoms with Crippen LogP contribution in [0.5, 0.6) is 0 Å². The minimum Gasteiger partial charge on any atom is -0.378 e. The Morgan fingerprint density at radius 1 is 1.52 bits per heavy atom. The van der Waals surface area contributed by atoms with E-state index in [-0.39, 0.29) is 17.4 Å². The molecule has 2 rings (SSSR count). The van der Waals surface area contributed by atoms with E-state index in [1.807, 2.05) is 39.0 Å². The Hall–Kier alpha value is -1.46. The molecule has 2 unspecified atom stereocenters. The molecule has 5 nitrogen and oxygen atoms in total. The molecule has 1 aromatic heterocycles. The molecule has 2 N–H and O–H groups in total. The van der Waals surface area contributed by atoms with Gasteiger partial charge < -0.3 is 15.4 Å². The van der Waals surface area contributed by atoms with Crippen LogP contribution in [0.1, 0.15) is 32.9 Å². The van der Waals surface area contributed by atoms with Gasteiger partial charge in [-0.2, -0.15) is 0 Å². The monoisotopic (exact) mass is 291 g/mol. The van der Waals surface area contributed by atoms with Crippen LogP contribution in [0.3, 0.4) is 0 Å². The highest BCUT2D eigenvalue weighted by atomic mass is 16.5. The van der Waals surface area contributed by atoms with Crippen LogP contribution in [-0.2, 0) is 16.1 Å². The van der Waals surface area contributed by atoms with Gasteiger partial charge in [0, 0.05) is 31.7 Å². The zero-order valence-corrected chi connectivity index (χ0v) is 13.3. The average molecular weight is 291 g/mol. The van der Waals surface area contributed by atoms with E-state index in [0.29, 0.717) is 19.6 Å². The third-order valence-electron chi connectivity index (χ3n) is 4.68. The van der Waals surface area contributed by atoms with Crippen molar-refractivity contribution in [3.05, 3.63) is 30.1 Å². The molecule has 1 aromatic rings. The predicted octanol–water partition coefficient (Wildman–Crippen LogP) is 1.57. The lowest BCUT2D eigenvalue weighted by Gasteiger charge is -2.58. The summed E-state index contributed by atoms with van der Waals surface area (Å²) in [6.45, 7) is 7.07. The van der Waals surface area contributed by atoms with E-state index in [1.165, 1.54) is 0 Å². The lowest BCUT2D eigenvalue weighted by atomic mass is 9.54. The quantitative estimate of drug-likeness (QED) is 0.894. The highest BCUT2D eigenvalue weighted by molar-refractivity contribution is 5.88. The molecular weight excluding hydrogens is 266 g/mol. The van der Waals surface area contributed by atoms with Gasteiger partial charge in [-0.25, -0.2) is 0 Å². The van der Waals surface area contributed by atoms with Gasteiger partial charge in [0.25, 0.3) is 0 Å². The molecular formula is C16H25N3O2. The zero-order valence-electron chi connectivity index (χ0n) is 13.3. The zero-order chi connectivity index (χ0) is 15.7. The molecule has 116 valence electrons. The highest BCUT2D eigenvalue weighted by Gasteiger charge is 2.63. The maximum absolute atomic E-state index is 12.7. The molecule has 0 radical (unpaired) electrons. The van der Waals surface area contributed by atoms with E-state index >= 15 is 0 Å². The Morgan fingerprint density at radius 2 is 2.24 bits per heavy atom. The van der Waals surface area contributed by atoms with Gasteiger partial charge in [-0.15, -0.1) is 0 Å². The Balaban J connectivity index is 2.06. The molecule has 0 bridgehead atoms. The first kappa shape index (κ1) is 15.9. The van der Waals surface area contributed by atoms with Crippen molar-refractivity contribution in [2.45, 2.75) is 45.4 Å². The lowest BCUT2D eigenvalue weighted by molar-refractivity contribution is -0.178. The summed E-state index contributed by atoms with van der Waals surface area (Å²) >= 11 is 0. The van der Waals surface area contributed by atoms with Crippen LogP contribution in [0.25, 0.3) is 0 Å². The second-order valence-electron chi connectivity index (χ2n) is 6.32. The van der Waals surface area contributed by atoms with Crippen LogP contribution < -0.4 is 5.73 Å². The van der Waals surface area contributed by atoms with Gasteiger partial charge in [-0.05, 0) is 19.1 Å². The van der Waals surface area contributed by atoms with Gasteiger partial charge >= 0.3 is 0 Å². The van der Waals surface area contributed by atoms with Gasteiger partial charge in [0.15, 0.2) is 0 Å².